The van der Waals surface area contributed by atoms with Crippen molar-refractivity contribution in [2.45, 2.75) is 75.9 Å². The lowest BCUT2D eigenvalue weighted by Gasteiger charge is -2.38. The first kappa shape index (κ1) is 34.4. The molecular formula is C33H44F3N5O4. The summed E-state index contributed by atoms with van der Waals surface area (Å²) in [7, 11) is 0. The Morgan fingerprint density at radius 3 is 2.44 bits per heavy atom. The Kier molecular flexibility index (Phi) is 11.6. The molecule has 0 saturated heterocycles. The van der Waals surface area contributed by atoms with E-state index in [9.17, 15) is 27.9 Å². The van der Waals surface area contributed by atoms with E-state index in [2.05, 4.69) is 10.7 Å². The van der Waals surface area contributed by atoms with Crippen LogP contribution >= 0.6 is 0 Å². The molecule has 1 heterocycles. The molecule has 1 saturated carbocycles. The number of aliphatic hydroxyl groups is 2. The average Bonchev–Trinajstić information content (AvgIpc) is 3.78. The van der Waals surface area contributed by atoms with Crippen LogP contribution in [0, 0.1) is 5.92 Å². The van der Waals surface area contributed by atoms with Crippen molar-refractivity contribution in [3.05, 3.63) is 83.1 Å². The summed E-state index contributed by atoms with van der Waals surface area (Å²) in [6, 6.07) is 14.3. The molecule has 2 aromatic carbocycles. The lowest BCUT2D eigenvalue weighted by molar-refractivity contribution is -0.137. The molecule has 6 N–H and O–H groups in total. The van der Waals surface area contributed by atoms with Gasteiger partial charge in [0.15, 0.2) is 0 Å². The van der Waals surface area contributed by atoms with Crippen molar-refractivity contribution in [3.63, 3.8) is 0 Å². The molecule has 3 atom stereocenters. The maximum atomic E-state index is 14.0. The molecule has 1 fully saturated rings. The predicted octanol–water partition coefficient (Wildman–Crippen LogP) is 3.12. The predicted molar refractivity (Wildman–Crippen MR) is 164 cm³/mol. The molecule has 0 aromatic heterocycles. The molecule has 0 spiro atoms. The summed E-state index contributed by atoms with van der Waals surface area (Å²) < 4.78 is 39.6. The summed E-state index contributed by atoms with van der Waals surface area (Å²) in [6.07, 6.45) is 0.0932. The molecule has 2 aromatic rings. The van der Waals surface area contributed by atoms with E-state index in [0.29, 0.717) is 25.1 Å². The molecule has 9 nitrogen and oxygen atoms in total. The van der Waals surface area contributed by atoms with Gasteiger partial charge < -0.3 is 31.2 Å². The summed E-state index contributed by atoms with van der Waals surface area (Å²) in [6.45, 7) is 2.81. The maximum Gasteiger partial charge on any atom is 0.416 e. The van der Waals surface area contributed by atoms with E-state index in [0.717, 1.165) is 43.4 Å². The second-order valence-corrected chi connectivity index (χ2v) is 11.8. The molecule has 1 unspecified atom stereocenters. The summed E-state index contributed by atoms with van der Waals surface area (Å²) in [5.74, 6) is -1.83. The zero-order chi connectivity index (χ0) is 32.6. The van der Waals surface area contributed by atoms with Gasteiger partial charge in [0.1, 0.15) is 11.2 Å². The monoisotopic (exact) mass is 631 g/mol. The van der Waals surface area contributed by atoms with Gasteiger partial charge in [-0.05, 0) is 68.7 Å². The van der Waals surface area contributed by atoms with Gasteiger partial charge in [0, 0.05) is 44.7 Å². The Morgan fingerprint density at radius 2 is 1.82 bits per heavy atom. The minimum atomic E-state index is -4.47. The Hall–Kier alpha value is -3.45. The van der Waals surface area contributed by atoms with Crippen molar-refractivity contribution in [1.29, 1.82) is 0 Å². The number of hydrogen-bond acceptors (Lipinski definition) is 7. The van der Waals surface area contributed by atoms with E-state index in [-0.39, 0.29) is 43.8 Å². The molecule has 246 valence electrons. The normalized spacial score (nSPS) is 19.7. The van der Waals surface area contributed by atoms with Crippen molar-refractivity contribution in [2.24, 2.45) is 11.7 Å². The number of primary amides is 1. The minimum absolute atomic E-state index is 0.0489. The standard InChI is InChI=1S/C33H44F3N5O4/c1-2-41-28(30(44)40(26-14-15-26)16-7-4-8-17-42)20-32(39-41,31(37)45)27(19-23-10-5-3-6-11-23)29(43)22-38-21-24-12-9-13-25(18-24)33(34,35)36/h3,5-6,9-13,18,20,26-27,29,38-39,42-43H,2,4,7-8,14-17,19,21-22H2,1H3,(H2,37,45)/t27-,29+,32?/m1/s1. The van der Waals surface area contributed by atoms with Crippen molar-refractivity contribution < 1.29 is 33.0 Å². The van der Waals surface area contributed by atoms with Crippen LogP contribution in [-0.4, -0.2) is 75.9 Å². The van der Waals surface area contributed by atoms with Crippen molar-refractivity contribution in [2.75, 3.05) is 26.2 Å². The van der Waals surface area contributed by atoms with Gasteiger partial charge in [0.2, 0.25) is 5.91 Å². The number of likely N-dealkylation sites (N-methyl/N-ethyl adjacent to an activating group) is 1. The molecule has 45 heavy (non-hydrogen) atoms. The number of nitrogens with zero attached hydrogens (tertiary/aromatic N) is 2. The number of aliphatic hydroxyl groups excluding tert-OH is 2. The number of benzene rings is 2. The first-order valence-electron chi connectivity index (χ1n) is 15.6. The molecule has 0 radical (unpaired) electrons. The fourth-order valence-corrected chi connectivity index (χ4v) is 5.92. The third-order valence-electron chi connectivity index (χ3n) is 8.51. The summed E-state index contributed by atoms with van der Waals surface area (Å²) in [4.78, 5) is 29.2. The van der Waals surface area contributed by atoms with Crippen LogP contribution in [0.25, 0.3) is 0 Å². The highest BCUT2D eigenvalue weighted by atomic mass is 19.4. The van der Waals surface area contributed by atoms with Crippen LogP contribution < -0.4 is 16.5 Å². The Balaban J connectivity index is 1.60. The number of amides is 2. The second-order valence-electron chi connectivity index (χ2n) is 11.8. The van der Waals surface area contributed by atoms with Gasteiger partial charge in [-0.3, -0.25) is 9.59 Å². The van der Waals surface area contributed by atoms with Gasteiger partial charge in [-0.25, -0.2) is 5.43 Å². The quantitative estimate of drug-likeness (QED) is 0.170. The SMILES string of the molecule is CCN1NC(C(N)=O)([C@H](Cc2ccccc2)[C@@H](O)CNCc2cccc(C(F)(F)F)c2)C=C1C(=O)N(CCCCCO)C1CC1. The highest BCUT2D eigenvalue weighted by Gasteiger charge is 2.52. The molecule has 1 aliphatic carbocycles. The minimum Gasteiger partial charge on any atom is -0.396 e. The van der Waals surface area contributed by atoms with Crippen molar-refractivity contribution in [1.82, 2.24) is 20.7 Å². The Morgan fingerprint density at radius 1 is 1.11 bits per heavy atom. The van der Waals surface area contributed by atoms with Crippen LogP contribution in [-0.2, 0) is 28.7 Å². The zero-order valence-corrected chi connectivity index (χ0v) is 25.6. The number of rotatable bonds is 17. The van der Waals surface area contributed by atoms with Crippen LogP contribution in [0.4, 0.5) is 13.2 Å². The van der Waals surface area contributed by atoms with Crippen LogP contribution in [0.3, 0.4) is 0 Å². The summed E-state index contributed by atoms with van der Waals surface area (Å²) in [5, 5.41) is 25.4. The second kappa shape index (κ2) is 15.2. The number of carbonyl (C=O) groups is 2. The maximum absolute atomic E-state index is 14.0. The van der Waals surface area contributed by atoms with Gasteiger partial charge >= 0.3 is 6.18 Å². The first-order valence-corrected chi connectivity index (χ1v) is 15.6. The Bertz CT molecular complexity index is 1320. The van der Waals surface area contributed by atoms with Gasteiger partial charge in [0.25, 0.3) is 5.91 Å². The molecular weight excluding hydrogens is 587 g/mol. The fourth-order valence-electron chi connectivity index (χ4n) is 5.92. The highest BCUT2D eigenvalue weighted by Crippen LogP contribution is 2.36. The highest BCUT2D eigenvalue weighted by molar-refractivity contribution is 5.97. The number of unbranched alkanes of at least 4 members (excludes halogenated alkanes) is 2. The van der Waals surface area contributed by atoms with E-state index in [1.54, 1.807) is 17.2 Å². The van der Waals surface area contributed by atoms with E-state index < -0.39 is 35.2 Å². The number of carbonyl (C=O) groups excluding carboxylic acids is 2. The van der Waals surface area contributed by atoms with E-state index in [1.165, 1.54) is 6.07 Å². The number of alkyl halides is 3. The van der Waals surface area contributed by atoms with E-state index in [4.69, 9.17) is 10.8 Å². The molecule has 2 amide bonds. The fraction of sp³-hybridized carbons (Fsp3) is 0.515. The van der Waals surface area contributed by atoms with E-state index in [1.807, 2.05) is 42.2 Å². The number of nitrogens with two attached hydrogens (primary N) is 1. The summed E-state index contributed by atoms with van der Waals surface area (Å²) >= 11 is 0. The van der Waals surface area contributed by atoms with Crippen molar-refractivity contribution >= 4 is 11.8 Å². The molecule has 2 aliphatic rings. The van der Waals surface area contributed by atoms with Gasteiger partial charge in [-0.15, -0.1) is 0 Å². The third-order valence-corrected chi connectivity index (χ3v) is 8.51. The largest absolute Gasteiger partial charge is 0.416 e. The lowest BCUT2D eigenvalue weighted by atomic mass is 9.76. The molecule has 1 aliphatic heterocycles. The Labute approximate surface area is 262 Å². The average molecular weight is 632 g/mol. The first-order chi connectivity index (χ1) is 21.5. The van der Waals surface area contributed by atoms with Crippen LogP contribution in [0.15, 0.2) is 66.4 Å². The van der Waals surface area contributed by atoms with Crippen LogP contribution in [0.1, 0.15) is 55.7 Å². The number of hydrazine groups is 1. The molecule has 0 bridgehead atoms. The van der Waals surface area contributed by atoms with Crippen LogP contribution in [0.2, 0.25) is 0 Å². The third kappa shape index (κ3) is 8.63. The van der Waals surface area contributed by atoms with Crippen LogP contribution in [0.5, 0.6) is 0 Å². The number of halogens is 3. The zero-order valence-electron chi connectivity index (χ0n) is 25.6. The number of hydrogen-bond donors (Lipinski definition) is 5. The van der Waals surface area contributed by atoms with Crippen molar-refractivity contribution in [3.8, 4) is 0 Å². The van der Waals surface area contributed by atoms with Gasteiger partial charge in [-0.1, -0.05) is 48.5 Å². The number of nitrogens with one attached hydrogen (secondary N) is 2. The van der Waals surface area contributed by atoms with E-state index >= 15 is 0 Å². The topological polar surface area (TPSA) is 131 Å². The molecule has 12 heteroatoms. The lowest BCUT2D eigenvalue weighted by Crippen LogP contribution is -2.63. The smallest absolute Gasteiger partial charge is 0.396 e. The summed E-state index contributed by atoms with van der Waals surface area (Å²) in [5.41, 5.74) is 8.39. The van der Waals surface area contributed by atoms with Gasteiger partial charge in [-0.2, -0.15) is 13.2 Å². The van der Waals surface area contributed by atoms with Gasteiger partial charge in [0.05, 0.1) is 11.7 Å². The molecule has 4 rings (SSSR count).